The number of carbonyl (C=O) groups is 1. The van der Waals surface area contributed by atoms with E-state index in [9.17, 15) is 13.2 Å². The lowest BCUT2D eigenvalue weighted by atomic mass is 10.0. The van der Waals surface area contributed by atoms with Crippen LogP contribution in [0.4, 0.5) is 0 Å². The highest BCUT2D eigenvalue weighted by molar-refractivity contribution is 7.89. The largest absolute Gasteiger partial charge is 0.486 e. The van der Waals surface area contributed by atoms with Crippen molar-refractivity contribution in [3.05, 3.63) is 18.2 Å². The number of hydrogen-bond donors (Lipinski definition) is 1. The molecule has 2 aliphatic rings. The van der Waals surface area contributed by atoms with Crippen LogP contribution in [0.2, 0.25) is 0 Å². The fourth-order valence-electron chi connectivity index (χ4n) is 3.82. The van der Waals surface area contributed by atoms with Crippen molar-refractivity contribution in [3.63, 3.8) is 0 Å². The number of nitrogens with zero attached hydrogens (tertiary/aromatic N) is 2. The van der Waals surface area contributed by atoms with Crippen molar-refractivity contribution in [2.75, 3.05) is 46.9 Å². The predicted molar refractivity (Wildman–Crippen MR) is 114 cm³/mol. The molecule has 1 fully saturated rings. The van der Waals surface area contributed by atoms with E-state index < -0.39 is 10.0 Å². The van der Waals surface area contributed by atoms with Crippen molar-refractivity contribution in [2.24, 2.45) is 0 Å². The van der Waals surface area contributed by atoms with Crippen LogP contribution in [0.1, 0.15) is 38.5 Å². The normalized spacial score (nSPS) is 19.2. The maximum Gasteiger partial charge on any atom is 0.240 e. The Morgan fingerprint density at radius 3 is 2.70 bits per heavy atom. The standard InChI is InChI=1S/C21H33N3O5S/c1-23(2)17-7-6-12-24(16-17)21(25)8-4-3-5-11-22-30(26,27)18-9-10-19-20(15-18)29-14-13-28-19/h9-10,15,17,22H,3-8,11-14,16H2,1-2H3. The fraction of sp³-hybridized carbons (Fsp3) is 0.667. The van der Waals surface area contributed by atoms with Crippen molar-refractivity contribution in [2.45, 2.75) is 49.5 Å². The van der Waals surface area contributed by atoms with Gasteiger partial charge >= 0.3 is 0 Å². The minimum absolute atomic E-state index is 0.169. The molecule has 1 aromatic rings. The van der Waals surface area contributed by atoms with Crippen LogP contribution in [-0.4, -0.2) is 77.1 Å². The number of hydrogen-bond acceptors (Lipinski definition) is 6. The van der Waals surface area contributed by atoms with Gasteiger partial charge in [-0.25, -0.2) is 13.1 Å². The van der Waals surface area contributed by atoms with Crippen LogP contribution < -0.4 is 14.2 Å². The van der Waals surface area contributed by atoms with Gasteiger partial charge in [0.05, 0.1) is 4.90 Å². The van der Waals surface area contributed by atoms with Gasteiger partial charge in [-0.15, -0.1) is 0 Å². The molecular weight excluding hydrogens is 406 g/mol. The zero-order valence-corrected chi connectivity index (χ0v) is 18.7. The van der Waals surface area contributed by atoms with Crippen LogP contribution in [-0.2, 0) is 14.8 Å². The number of ether oxygens (including phenoxy) is 2. The van der Waals surface area contributed by atoms with Crippen molar-refractivity contribution in [1.29, 1.82) is 0 Å². The maximum atomic E-state index is 12.5. The second-order valence-corrected chi connectivity index (χ2v) is 9.88. The summed E-state index contributed by atoms with van der Waals surface area (Å²) in [7, 11) is 0.526. The molecule has 30 heavy (non-hydrogen) atoms. The molecule has 9 heteroatoms. The molecule has 0 spiro atoms. The third-order valence-electron chi connectivity index (χ3n) is 5.66. The Morgan fingerprint density at radius 1 is 1.17 bits per heavy atom. The van der Waals surface area contributed by atoms with Crippen molar-refractivity contribution >= 4 is 15.9 Å². The SMILES string of the molecule is CN(C)C1CCCN(C(=O)CCCCCNS(=O)(=O)c2ccc3c(c2)OCCO3)C1. The Labute approximate surface area is 179 Å². The van der Waals surface area contributed by atoms with Crippen LogP contribution in [0.3, 0.4) is 0 Å². The second kappa shape index (κ2) is 10.5. The Morgan fingerprint density at radius 2 is 1.93 bits per heavy atom. The summed E-state index contributed by atoms with van der Waals surface area (Å²) in [6.45, 7) is 2.88. The summed E-state index contributed by atoms with van der Waals surface area (Å²) >= 11 is 0. The number of carbonyl (C=O) groups excluding carboxylic acids is 1. The summed E-state index contributed by atoms with van der Waals surface area (Å²) in [4.78, 5) is 16.8. The van der Waals surface area contributed by atoms with E-state index >= 15 is 0 Å². The predicted octanol–water partition coefficient (Wildman–Crippen LogP) is 1.85. The molecule has 0 bridgehead atoms. The molecule has 0 radical (unpaired) electrons. The van der Waals surface area contributed by atoms with Gasteiger partial charge in [0.15, 0.2) is 11.5 Å². The number of rotatable bonds is 9. The number of sulfonamides is 1. The van der Waals surface area contributed by atoms with Crippen LogP contribution in [0.15, 0.2) is 23.1 Å². The van der Waals surface area contributed by atoms with Gasteiger partial charge in [0.1, 0.15) is 13.2 Å². The first-order chi connectivity index (χ1) is 14.4. The number of fused-ring (bicyclic) bond motifs is 1. The minimum Gasteiger partial charge on any atom is -0.486 e. The van der Waals surface area contributed by atoms with Crippen LogP contribution in [0.5, 0.6) is 11.5 Å². The van der Waals surface area contributed by atoms with E-state index in [1.165, 1.54) is 12.1 Å². The molecule has 1 amide bonds. The Hall–Kier alpha value is -1.84. The van der Waals surface area contributed by atoms with Gasteiger partial charge in [0.2, 0.25) is 15.9 Å². The average molecular weight is 440 g/mol. The summed E-state index contributed by atoms with van der Waals surface area (Å²) < 4.78 is 38.5. The molecule has 1 atom stereocenters. The zero-order chi connectivity index (χ0) is 21.6. The van der Waals surface area contributed by atoms with Gasteiger partial charge in [0.25, 0.3) is 0 Å². The third kappa shape index (κ3) is 6.09. The van der Waals surface area contributed by atoms with Crippen molar-refractivity contribution in [3.8, 4) is 11.5 Å². The Bertz CT molecular complexity index is 828. The van der Waals surface area contributed by atoms with Gasteiger partial charge in [0, 0.05) is 38.2 Å². The van der Waals surface area contributed by atoms with Gasteiger partial charge in [-0.05, 0) is 51.9 Å². The average Bonchev–Trinajstić information content (AvgIpc) is 2.75. The topological polar surface area (TPSA) is 88.2 Å². The number of likely N-dealkylation sites (tertiary alicyclic amines) is 1. The van der Waals surface area contributed by atoms with Gasteiger partial charge in [-0.1, -0.05) is 6.42 Å². The molecular formula is C21H33N3O5S. The van der Waals surface area contributed by atoms with Crippen molar-refractivity contribution < 1.29 is 22.7 Å². The summed E-state index contributed by atoms with van der Waals surface area (Å²) in [5.41, 5.74) is 0. The van der Waals surface area contributed by atoms with E-state index in [2.05, 4.69) is 23.7 Å². The molecule has 2 heterocycles. The van der Waals surface area contributed by atoms with Crippen LogP contribution in [0.25, 0.3) is 0 Å². The van der Waals surface area contributed by atoms with E-state index in [1.807, 2.05) is 4.90 Å². The maximum absolute atomic E-state index is 12.5. The first-order valence-corrected chi connectivity index (χ1v) is 12.2. The summed E-state index contributed by atoms with van der Waals surface area (Å²) in [5, 5.41) is 0. The number of unbranched alkanes of at least 4 members (excludes halogenated alkanes) is 2. The first kappa shape index (κ1) is 22.8. The summed E-state index contributed by atoms with van der Waals surface area (Å²) in [5.74, 6) is 1.23. The third-order valence-corrected chi connectivity index (χ3v) is 7.12. The number of benzene rings is 1. The molecule has 2 aliphatic heterocycles. The van der Waals surface area contributed by atoms with Gasteiger partial charge < -0.3 is 19.3 Å². The number of nitrogens with one attached hydrogen (secondary N) is 1. The molecule has 0 saturated carbocycles. The monoisotopic (exact) mass is 439 g/mol. The molecule has 0 aromatic heterocycles. The molecule has 8 nitrogen and oxygen atoms in total. The quantitative estimate of drug-likeness (QED) is 0.591. The number of piperidine rings is 1. The molecule has 1 aromatic carbocycles. The minimum atomic E-state index is -3.59. The highest BCUT2D eigenvalue weighted by Gasteiger charge is 2.24. The Balaban J connectivity index is 1.36. The summed E-state index contributed by atoms with van der Waals surface area (Å²) in [6, 6.07) is 5.08. The lowest BCUT2D eigenvalue weighted by Crippen LogP contribution is -2.47. The molecule has 1 unspecified atom stereocenters. The van der Waals surface area contributed by atoms with E-state index in [4.69, 9.17) is 9.47 Å². The second-order valence-electron chi connectivity index (χ2n) is 8.11. The molecule has 0 aliphatic carbocycles. The van der Waals surface area contributed by atoms with E-state index in [0.717, 1.165) is 38.8 Å². The number of likely N-dealkylation sites (N-methyl/N-ethyl adjacent to an activating group) is 1. The van der Waals surface area contributed by atoms with E-state index in [0.29, 0.717) is 50.1 Å². The lowest BCUT2D eigenvalue weighted by molar-refractivity contribution is -0.133. The highest BCUT2D eigenvalue weighted by Crippen LogP contribution is 2.32. The first-order valence-electron chi connectivity index (χ1n) is 10.7. The molecule has 1 N–H and O–H groups in total. The van der Waals surface area contributed by atoms with E-state index in [-0.39, 0.29) is 10.8 Å². The lowest BCUT2D eigenvalue weighted by Gasteiger charge is -2.36. The molecule has 3 rings (SSSR count). The van der Waals surface area contributed by atoms with Gasteiger partial charge in [-0.2, -0.15) is 0 Å². The molecule has 168 valence electrons. The fourth-order valence-corrected chi connectivity index (χ4v) is 4.91. The zero-order valence-electron chi connectivity index (χ0n) is 17.9. The van der Waals surface area contributed by atoms with Crippen LogP contribution in [0, 0.1) is 0 Å². The highest BCUT2D eigenvalue weighted by atomic mass is 32.2. The van der Waals surface area contributed by atoms with Crippen molar-refractivity contribution in [1.82, 2.24) is 14.5 Å². The smallest absolute Gasteiger partial charge is 0.240 e. The van der Waals surface area contributed by atoms with Crippen LogP contribution >= 0.6 is 0 Å². The van der Waals surface area contributed by atoms with E-state index in [1.54, 1.807) is 6.07 Å². The number of amides is 1. The Kier molecular flexibility index (Phi) is 7.96. The summed E-state index contributed by atoms with van der Waals surface area (Å²) in [6.07, 6.45) is 4.98. The van der Waals surface area contributed by atoms with Gasteiger partial charge in [-0.3, -0.25) is 4.79 Å². The molecule has 1 saturated heterocycles.